The van der Waals surface area contributed by atoms with Gasteiger partial charge in [-0.05, 0) is 6.92 Å². The van der Waals surface area contributed by atoms with Gasteiger partial charge in [-0.3, -0.25) is 0 Å². The van der Waals surface area contributed by atoms with E-state index in [1.54, 1.807) is 0 Å². The summed E-state index contributed by atoms with van der Waals surface area (Å²) in [6, 6.07) is 3.77. The van der Waals surface area contributed by atoms with Crippen molar-refractivity contribution >= 4 is 5.82 Å². The van der Waals surface area contributed by atoms with Crippen molar-refractivity contribution in [3.8, 4) is 6.07 Å². The molecule has 0 amide bonds. The number of aryl methyl sites for hydroxylation is 1. The van der Waals surface area contributed by atoms with E-state index in [2.05, 4.69) is 20.4 Å². The predicted molar refractivity (Wildman–Crippen MR) is 55.3 cm³/mol. The smallest absolute Gasteiger partial charge is 0.182 e. The molecule has 2 heterocycles. The maximum atomic E-state index is 8.79. The molecule has 6 nitrogen and oxygen atoms in total. The van der Waals surface area contributed by atoms with Crippen LogP contribution in [0.1, 0.15) is 17.1 Å². The van der Waals surface area contributed by atoms with E-state index in [1.807, 2.05) is 19.1 Å². The van der Waals surface area contributed by atoms with E-state index in [4.69, 9.17) is 9.78 Å². The molecule has 2 aromatic rings. The highest BCUT2D eigenvalue weighted by Crippen LogP contribution is 2.09. The van der Waals surface area contributed by atoms with Gasteiger partial charge in [-0.2, -0.15) is 5.26 Å². The number of nitrogens with zero attached hydrogens (tertiary/aromatic N) is 4. The molecule has 2 aromatic heterocycles. The first-order valence-electron chi connectivity index (χ1n) is 4.67. The van der Waals surface area contributed by atoms with Gasteiger partial charge >= 0.3 is 0 Å². The van der Waals surface area contributed by atoms with Crippen LogP contribution in [0.25, 0.3) is 0 Å². The van der Waals surface area contributed by atoms with E-state index in [0.29, 0.717) is 12.4 Å². The molecule has 0 saturated heterocycles. The highest BCUT2D eigenvalue weighted by molar-refractivity contribution is 5.46. The van der Waals surface area contributed by atoms with Crippen LogP contribution in [0, 0.1) is 18.3 Å². The molecule has 2 rings (SSSR count). The molecule has 0 unspecified atom stereocenters. The summed E-state index contributed by atoms with van der Waals surface area (Å²) in [7, 11) is 0. The first-order chi connectivity index (χ1) is 7.79. The minimum Gasteiger partial charge on any atom is -0.362 e. The normalized spacial score (nSPS) is 9.75. The van der Waals surface area contributed by atoms with Gasteiger partial charge in [0.2, 0.25) is 0 Å². The SMILES string of the molecule is Cc1cc(CNc2nccnc2C#N)no1. The lowest BCUT2D eigenvalue weighted by molar-refractivity contribution is 0.391. The minimum absolute atomic E-state index is 0.266. The van der Waals surface area contributed by atoms with Crippen LogP contribution in [0.2, 0.25) is 0 Å². The second-order valence-electron chi connectivity index (χ2n) is 3.15. The highest BCUT2D eigenvalue weighted by Gasteiger charge is 2.05. The van der Waals surface area contributed by atoms with Crippen molar-refractivity contribution in [2.24, 2.45) is 0 Å². The molecule has 0 aliphatic carbocycles. The molecule has 0 saturated carbocycles. The van der Waals surface area contributed by atoms with Crippen LogP contribution in [0.4, 0.5) is 5.82 Å². The Morgan fingerprint density at radius 2 is 2.25 bits per heavy atom. The van der Waals surface area contributed by atoms with Crippen LogP contribution in [0.15, 0.2) is 23.0 Å². The lowest BCUT2D eigenvalue weighted by atomic mass is 10.3. The summed E-state index contributed by atoms with van der Waals surface area (Å²) in [6.07, 6.45) is 3.00. The fourth-order valence-electron chi connectivity index (χ4n) is 1.22. The number of rotatable bonds is 3. The van der Waals surface area contributed by atoms with Gasteiger partial charge in [-0.15, -0.1) is 0 Å². The molecule has 0 radical (unpaired) electrons. The van der Waals surface area contributed by atoms with E-state index in [1.165, 1.54) is 12.4 Å². The Morgan fingerprint density at radius 1 is 1.44 bits per heavy atom. The third-order valence-electron chi connectivity index (χ3n) is 1.92. The summed E-state index contributed by atoms with van der Waals surface area (Å²) in [6.45, 7) is 2.27. The molecule has 0 atom stereocenters. The zero-order valence-electron chi connectivity index (χ0n) is 8.64. The standard InChI is InChI=1S/C10H9N5O/c1-7-4-8(15-16-7)6-14-10-9(5-11)12-2-3-13-10/h2-4H,6H2,1H3,(H,13,14). The fraction of sp³-hybridized carbons (Fsp3) is 0.200. The Hall–Kier alpha value is -2.42. The maximum absolute atomic E-state index is 8.79. The van der Waals surface area contributed by atoms with Crippen molar-refractivity contribution in [2.45, 2.75) is 13.5 Å². The Morgan fingerprint density at radius 3 is 2.94 bits per heavy atom. The zero-order chi connectivity index (χ0) is 11.4. The largest absolute Gasteiger partial charge is 0.362 e. The van der Waals surface area contributed by atoms with E-state index in [9.17, 15) is 0 Å². The summed E-state index contributed by atoms with van der Waals surface area (Å²) in [5, 5.41) is 15.6. The van der Waals surface area contributed by atoms with Crippen LogP contribution < -0.4 is 5.32 Å². The van der Waals surface area contributed by atoms with Gasteiger partial charge < -0.3 is 9.84 Å². The lowest BCUT2D eigenvalue weighted by Gasteiger charge is -2.02. The number of anilines is 1. The van der Waals surface area contributed by atoms with Crippen molar-refractivity contribution in [1.29, 1.82) is 5.26 Å². The summed E-state index contributed by atoms with van der Waals surface area (Å²) >= 11 is 0. The molecule has 16 heavy (non-hydrogen) atoms. The third-order valence-corrected chi connectivity index (χ3v) is 1.92. The average Bonchev–Trinajstić information content (AvgIpc) is 2.73. The summed E-state index contributed by atoms with van der Waals surface area (Å²) in [4.78, 5) is 7.90. The second kappa shape index (κ2) is 4.40. The van der Waals surface area contributed by atoms with Gasteiger partial charge in [0, 0.05) is 18.5 Å². The van der Waals surface area contributed by atoms with Crippen LogP contribution in [0.3, 0.4) is 0 Å². The van der Waals surface area contributed by atoms with E-state index < -0.39 is 0 Å². The monoisotopic (exact) mass is 215 g/mol. The predicted octanol–water partition coefficient (Wildman–Crippen LogP) is 1.26. The average molecular weight is 215 g/mol. The van der Waals surface area contributed by atoms with Gasteiger partial charge in [-0.25, -0.2) is 9.97 Å². The summed E-state index contributed by atoms with van der Waals surface area (Å²) in [5.41, 5.74) is 1.02. The quantitative estimate of drug-likeness (QED) is 0.829. The number of hydrogen-bond donors (Lipinski definition) is 1. The van der Waals surface area contributed by atoms with E-state index in [-0.39, 0.29) is 5.69 Å². The van der Waals surface area contributed by atoms with Crippen LogP contribution in [-0.4, -0.2) is 15.1 Å². The number of nitriles is 1. The Labute approximate surface area is 91.9 Å². The molecular weight excluding hydrogens is 206 g/mol. The topological polar surface area (TPSA) is 87.6 Å². The van der Waals surface area contributed by atoms with Crippen molar-refractivity contribution in [1.82, 2.24) is 15.1 Å². The Balaban J connectivity index is 2.08. The molecule has 0 aliphatic rings. The molecule has 0 aromatic carbocycles. The summed E-state index contributed by atoms with van der Waals surface area (Å²) < 4.78 is 4.92. The molecule has 6 heteroatoms. The first kappa shape index (κ1) is 10.1. The number of nitrogens with one attached hydrogen (secondary N) is 1. The van der Waals surface area contributed by atoms with Gasteiger partial charge in [0.25, 0.3) is 0 Å². The third kappa shape index (κ3) is 2.15. The Bertz CT molecular complexity index is 528. The lowest BCUT2D eigenvalue weighted by Crippen LogP contribution is -2.04. The Kier molecular flexibility index (Phi) is 2.78. The second-order valence-corrected chi connectivity index (χ2v) is 3.15. The molecular formula is C10H9N5O. The molecule has 0 spiro atoms. The van der Waals surface area contributed by atoms with Gasteiger partial charge in [0.15, 0.2) is 11.5 Å². The highest BCUT2D eigenvalue weighted by atomic mass is 16.5. The van der Waals surface area contributed by atoms with Gasteiger partial charge in [-0.1, -0.05) is 5.16 Å². The van der Waals surface area contributed by atoms with E-state index >= 15 is 0 Å². The molecule has 1 N–H and O–H groups in total. The van der Waals surface area contributed by atoms with Gasteiger partial charge in [0.1, 0.15) is 17.5 Å². The minimum atomic E-state index is 0.266. The molecule has 0 aliphatic heterocycles. The van der Waals surface area contributed by atoms with Crippen molar-refractivity contribution < 1.29 is 4.52 Å². The summed E-state index contributed by atoms with van der Waals surface area (Å²) in [5.74, 6) is 1.20. The van der Waals surface area contributed by atoms with Crippen LogP contribution >= 0.6 is 0 Å². The molecule has 0 fully saturated rings. The van der Waals surface area contributed by atoms with Crippen LogP contribution in [-0.2, 0) is 6.54 Å². The van der Waals surface area contributed by atoms with Gasteiger partial charge in [0.05, 0.1) is 6.54 Å². The first-order valence-corrected chi connectivity index (χ1v) is 4.67. The maximum Gasteiger partial charge on any atom is 0.182 e. The van der Waals surface area contributed by atoms with Crippen molar-refractivity contribution in [3.63, 3.8) is 0 Å². The zero-order valence-corrected chi connectivity index (χ0v) is 8.64. The number of aromatic nitrogens is 3. The van der Waals surface area contributed by atoms with Crippen molar-refractivity contribution in [2.75, 3.05) is 5.32 Å². The van der Waals surface area contributed by atoms with Crippen molar-refractivity contribution in [3.05, 3.63) is 35.6 Å². The molecule has 0 bridgehead atoms. The van der Waals surface area contributed by atoms with E-state index in [0.717, 1.165) is 11.5 Å². The van der Waals surface area contributed by atoms with Crippen LogP contribution in [0.5, 0.6) is 0 Å². The number of hydrogen-bond acceptors (Lipinski definition) is 6. The fourth-order valence-corrected chi connectivity index (χ4v) is 1.22. The molecule has 80 valence electrons.